The van der Waals surface area contributed by atoms with Gasteiger partial charge in [-0.25, -0.2) is 0 Å². The van der Waals surface area contributed by atoms with Crippen molar-refractivity contribution in [2.75, 3.05) is 5.32 Å². The number of pyridine rings is 1. The Morgan fingerprint density at radius 2 is 2.22 bits per heavy atom. The summed E-state index contributed by atoms with van der Waals surface area (Å²) in [6.07, 6.45) is 1.86. The summed E-state index contributed by atoms with van der Waals surface area (Å²) in [5, 5.41) is 5.47. The van der Waals surface area contributed by atoms with Crippen molar-refractivity contribution in [2.45, 2.75) is 26.4 Å². The van der Waals surface area contributed by atoms with Crippen molar-refractivity contribution in [1.82, 2.24) is 4.57 Å². The number of aromatic nitrogens is 1. The number of anilines is 1. The van der Waals surface area contributed by atoms with E-state index >= 15 is 0 Å². The number of halogens is 1. The molecule has 5 heteroatoms. The Labute approximate surface area is 119 Å². The lowest BCUT2D eigenvalue weighted by Gasteiger charge is -2.15. The lowest BCUT2D eigenvalue weighted by Crippen LogP contribution is -2.18. The molecule has 0 aliphatic rings. The summed E-state index contributed by atoms with van der Waals surface area (Å²) in [5.74, 6) is 0. The van der Waals surface area contributed by atoms with Gasteiger partial charge < -0.3 is 9.88 Å². The zero-order valence-electron chi connectivity index (χ0n) is 10.3. The van der Waals surface area contributed by atoms with Crippen molar-refractivity contribution in [3.05, 3.63) is 49.5 Å². The van der Waals surface area contributed by atoms with E-state index in [1.807, 2.05) is 25.3 Å². The van der Waals surface area contributed by atoms with Crippen LogP contribution in [-0.2, 0) is 6.54 Å². The van der Waals surface area contributed by atoms with Gasteiger partial charge in [-0.2, -0.15) is 0 Å². The fraction of sp³-hybridized carbons (Fsp3) is 0.308. The molecular weight excluding hydrogens is 312 g/mol. The van der Waals surface area contributed by atoms with Gasteiger partial charge in [-0.3, -0.25) is 4.79 Å². The van der Waals surface area contributed by atoms with Gasteiger partial charge in [0.2, 0.25) is 0 Å². The van der Waals surface area contributed by atoms with Crippen LogP contribution in [0.4, 0.5) is 5.69 Å². The average Bonchev–Trinajstić information content (AvgIpc) is 2.78. The third-order valence-corrected chi connectivity index (χ3v) is 4.80. The fourth-order valence-corrected chi connectivity index (χ4v) is 3.52. The Morgan fingerprint density at radius 1 is 1.44 bits per heavy atom. The highest BCUT2D eigenvalue weighted by Crippen LogP contribution is 2.30. The molecule has 0 saturated carbocycles. The Kier molecular flexibility index (Phi) is 4.24. The Balaban J connectivity index is 2.19. The summed E-state index contributed by atoms with van der Waals surface area (Å²) >= 11 is 5.25. The third-order valence-electron chi connectivity index (χ3n) is 2.75. The largest absolute Gasteiger partial charge is 0.376 e. The molecule has 0 amide bonds. The van der Waals surface area contributed by atoms with E-state index in [0.29, 0.717) is 6.54 Å². The predicted octanol–water partition coefficient (Wildman–Crippen LogP) is 3.87. The monoisotopic (exact) mass is 326 g/mol. The summed E-state index contributed by atoms with van der Waals surface area (Å²) in [6, 6.07) is 5.68. The van der Waals surface area contributed by atoms with Crippen LogP contribution in [-0.4, -0.2) is 4.57 Å². The molecule has 1 atom stereocenters. The van der Waals surface area contributed by atoms with Gasteiger partial charge in [0.05, 0.1) is 11.7 Å². The molecule has 1 N–H and O–H groups in total. The number of hydrogen-bond donors (Lipinski definition) is 1. The number of aryl methyl sites for hydroxylation is 1. The van der Waals surface area contributed by atoms with E-state index in [1.54, 1.807) is 22.0 Å². The molecule has 18 heavy (non-hydrogen) atoms. The highest BCUT2D eigenvalue weighted by molar-refractivity contribution is 9.10. The van der Waals surface area contributed by atoms with Gasteiger partial charge in [-0.1, -0.05) is 0 Å². The summed E-state index contributed by atoms with van der Waals surface area (Å²) in [7, 11) is 0. The van der Waals surface area contributed by atoms with Crippen LogP contribution in [0.2, 0.25) is 0 Å². The first-order chi connectivity index (χ1) is 8.61. The summed E-state index contributed by atoms with van der Waals surface area (Å²) < 4.78 is 2.81. The Morgan fingerprint density at radius 3 is 2.83 bits per heavy atom. The van der Waals surface area contributed by atoms with E-state index in [1.165, 1.54) is 4.88 Å². The van der Waals surface area contributed by atoms with Crippen LogP contribution < -0.4 is 10.9 Å². The maximum atomic E-state index is 11.5. The smallest absolute Gasteiger partial charge is 0.250 e. The minimum atomic E-state index is 0.0352. The van der Waals surface area contributed by atoms with E-state index in [-0.39, 0.29) is 11.6 Å². The zero-order chi connectivity index (χ0) is 13.1. The molecule has 2 heterocycles. The molecule has 0 aliphatic heterocycles. The number of thiophene rings is 1. The second-order valence-electron chi connectivity index (χ2n) is 4.04. The highest BCUT2D eigenvalue weighted by atomic mass is 79.9. The maximum Gasteiger partial charge on any atom is 0.250 e. The van der Waals surface area contributed by atoms with Crippen molar-refractivity contribution < 1.29 is 0 Å². The molecule has 96 valence electrons. The van der Waals surface area contributed by atoms with Crippen LogP contribution in [0.3, 0.4) is 0 Å². The van der Waals surface area contributed by atoms with E-state index in [9.17, 15) is 4.79 Å². The topological polar surface area (TPSA) is 34.0 Å². The quantitative estimate of drug-likeness (QED) is 0.925. The minimum absolute atomic E-state index is 0.0352. The molecule has 2 rings (SSSR count). The molecule has 0 bridgehead atoms. The first-order valence-electron chi connectivity index (χ1n) is 5.81. The normalized spacial score (nSPS) is 12.4. The standard InChI is InChI=1S/C13H15BrN2OS/c1-3-16-8-10(4-5-12(16)17)15-9(2)13-11(14)6-7-18-13/h4-9,15H,3H2,1-2H3. The number of rotatable bonds is 4. The van der Waals surface area contributed by atoms with Gasteiger partial charge in [0.1, 0.15) is 0 Å². The lowest BCUT2D eigenvalue weighted by atomic mass is 10.2. The molecular formula is C13H15BrN2OS. The van der Waals surface area contributed by atoms with E-state index in [2.05, 4.69) is 33.6 Å². The van der Waals surface area contributed by atoms with Crippen molar-refractivity contribution in [2.24, 2.45) is 0 Å². The number of hydrogen-bond acceptors (Lipinski definition) is 3. The van der Waals surface area contributed by atoms with Crippen LogP contribution in [0.15, 0.2) is 39.0 Å². The van der Waals surface area contributed by atoms with Crippen LogP contribution in [0, 0.1) is 0 Å². The average molecular weight is 327 g/mol. The molecule has 1 unspecified atom stereocenters. The number of nitrogens with one attached hydrogen (secondary N) is 1. The van der Waals surface area contributed by atoms with Gasteiger partial charge in [-0.05, 0) is 47.3 Å². The molecule has 2 aromatic rings. The zero-order valence-corrected chi connectivity index (χ0v) is 12.7. The van der Waals surface area contributed by atoms with Crippen LogP contribution >= 0.6 is 27.3 Å². The lowest BCUT2D eigenvalue weighted by molar-refractivity contribution is 0.725. The first kappa shape index (κ1) is 13.4. The summed E-state index contributed by atoms with van der Waals surface area (Å²) in [6.45, 7) is 4.76. The van der Waals surface area contributed by atoms with Gasteiger partial charge in [0.15, 0.2) is 0 Å². The van der Waals surface area contributed by atoms with E-state index in [4.69, 9.17) is 0 Å². The van der Waals surface area contributed by atoms with E-state index in [0.717, 1.165) is 10.2 Å². The van der Waals surface area contributed by atoms with Gasteiger partial charge in [0.25, 0.3) is 5.56 Å². The highest BCUT2D eigenvalue weighted by Gasteiger charge is 2.10. The molecule has 0 aromatic carbocycles. The van der Waals surface area contributed by atoms with Gasteiger partial charge in [-0.15, -0.1) is 11.3 Å². The maximum absolute atomic E-state index is 11.5. The fourth-order valence-electron chi connectivity index (χ4n) is 1.79. The molecule has 2 aromatic heterocycles. The first-order valence-corrected chi connectivity index (χ1v) is 7.49. The summed E-state index contributed by atoms with van der Waals surface area (Å²) in [5.41, 5.74) is 0.997. The number of nitrogens with zero attached hydrogens (tertiary/aromatic N) is 1. The van der Waals surface area contributed by atoms with Gasteiger partial charge >= 0.3 is 0 Å². The second kappa shape index (κ2) is 5.71. The SMILES string of the molecule is CCn1cc(NC(C)c2sccc2Br)ccc1=O. The Bertz CT molecular complexity index is 591. The minimum Gasteiger partial charge on any atom is -0.376 e. The predicted molar refractivity (Wildman–Crippen MR) is 80.4 cm³/mol. The molecule has 0 radical (unpaired) electrons. The molecule has 0 aliphatic carbocycles. The summed E-state index contributed by atoms with van der Waals surface area (Å²) in [4.78, 5) is 12.8. The van der Waals surface area contributed by atoms with E-state index < -0.39 is 0 Å². The van der Waals surface area contributed by atoms with Gasteiger partial charge in [0, 0.05) is 28.2 Å². The Hall–Kier alpha value is -1.07. The van der Waals surface area contributed by atoms with Crippen LogP contribution in [0.25, 0.3) is 0 Å². The van der Waals surface area contributed by atoms with Crippen molar-refractivity contribution >= 4 is 33.0 Å². The van der Waals surface area contributed by atoms with Crippen LogP contribution in [0.1, 0.15) is 24.8 Å². The molecule has 0 saturated heterocycles. The molecule has 3 nitrogen and oxygen atoms in total. The van der Waals surface area contributed by atoms with Crippen molar-refractivity contribution in [1.29, 1.82) is 0 Å². The molecule has 0 spiro atoms. The molecule has 0 fully saturated rings. The van der Waals surface area contributed by atoms with Crippen molar-refractivity contribution in [3.8, 4) is 0 Å². The second-order valence-corrected chi connectivity index (χ2v) is 5.84. The third kappa shape index (κ3) is 2.84. The van der Waals surface area contributed by atoms with Crippen LogP contribution in [0.5, 0.6) is 0 Å². The van der Waals surface area contributed by atoms with Crippen molar-refractivity contribution in [3.63, 3.8) is 0 Å².